The summed E-state index contributed by atoms with van der Waals surface area (Å²) in [5, 5.41) is 6.14. The molecule has 1 fully saturated rings. The molecule has 7 heteroatoms. The van der Waals surface area contributed by atoms with E-state index in [1.165, 1.54) is 6.42 Å². The smallest absolute Gasteiger partial charge is 0.261 e. The SMILES string of the molecule is CC(C)COc1ccccc1C(=O)NC(=S)N(C)c1ccccc1C(=O)NC1CCCCC1. The van der Waals surface area contributed by atoms with Crippen LogP contribution in [0.4, 0.5) is 5.69 Å². The standard InChI is InChI=1S/C26H33N3O3S/c1-18(2)17-32-23-16-10-8-14-21(23)25(31)28-26(33)29(3)22-15-9-7-13-20(22)24(30)27-19-11-5-4-6-12-19/h7-10,13-16,18-19H,4-6,11-12,17H2,1-3H3,(H,27,30)(H,28,31,33). The number of amides is 2. The van der Waals surface area contributed by atoms with Gasteiger partial charge in [0.2, 0.25) is 0 Å². The van der Waals surface area contributed by atoms with Gasteiger partial charge in [-0.25, -0.2) is 0 Å². The molecule has 176 valence electrons. The predicted octanol–water partition coefficient (Wildman–Crippen LogP) is 4.94. The van der Waals surface area contributed by atoms with Gasteiger partial charge < -0.3 is 15.0 Å². The number of nitrogens with one attached hydrogen (secondary N) is 2. The van der Waals surface area contributed by atoms with Gasteiger partial charge in [0.15, 0.2) is 5.11 Å². The van der Waals surface area contributed by atoms with E-state index >= 15 is 0 Å². The zero-order chi connectivity index (χ0) is 23.8. The van der Waals surface area contributed by atoms with Crippen molar-refractivity contribution in [1.82, 2.24) is 10.6 Å². The molecule has 0 unspecified atom stereocenters. The van der Waals surface area contributed by atoms with E-state index in [0.29, 0.717) is 35.1 Å². The summed E-state index contributed by atoms with van der Waals surface area (Å²) in [7, 11) is 1.75. The predicted molar refractivity (Wildman–Crippen MR) is 136 cm³/mol. The Kier molecular flexibility index (Phi) is 8.83. The summed E-state index contributed by atoms with van der Waals surface area (Å²) in [6, 6.07) is 14.6. The molecule has 1 saturated carbocycles. The molecule has 2 amide bonds. The molecule has 3 rings (SSSR count). The van der Waals surface area contributed by atoms with E-state index in [2.05, 4.69) is 24.5 Å². The second kappa shape index (κ2) is 11.8. The van der Waals surface area contributed by atoms with Crippen LogP contribution in [0.25, 0.3) is 0 Å². The van der Waals surface area contributed by atoms with Gasteiger partial charge in [-0.1, -0.05) is 57.4 Å². The summed E-state index contributed by atoms with van der Waals surface area (Å²) < 4.78 is 5.80. The fraction of sp³-hybridized carbons (Fsp3) is 0.423. The molecule has 0 heterocycles. The van der Waals surface area contributed by atoms with Crippen molar-refractivity contribution in [1.29, 1.82) is 0 Å². The number of hydrogen-bond donors (Lipinski definition) is 2. The molecule has 0 bridgehead atoms. The highest BCUT2D eigenvalue weighted by Gasteiger charge is 2.22. The lowest BCUT2D eigenvalue weighted by Gasteiger charge is -2.26. The monoisotopic (exact) mass is 467 g/mol. The van der Waals surface area contributed by atoms with Crippen LogP contribution in [0.1, 0.15) is 66.7 Å². The molecule has 0 spiro atoms. The Balaban J connectivity index is 1.70. The molecule has 0 atom stereocenters. The van der Waals surface area contributed by atoms with Gasteiger partial charge in [-0.05, 0) is 55.2 Å². The minimum absolute atomic E-state index is 0.120. The number of rotatable bonds is 7. The quantitative estimate of drug-likeness (QED) is 0.565. The normalized spacial score (nSPS) is 13.9. The number of anilines is 1. The van der Waals surface area contributed by atoms with Crippen LogP contribution in [0.5, 0.6) is 5.75 Å². The van der Waals surface area contributed by atoms with E-state index in [1.807, 2.05) is 24.3 Å². The summed E-state index contributed by atoms with van der Waals surface area (Å²) in [5.74, 6) is 0.382. The lowest BCUT2D eigenvalue weighted by atomic mass is 9.95. The number of ether oxygens (including phenoxy) is 1. The Hall–Kier alpha value is -2.93. The van der Waals surface area contributed by atoms with Gasteiger partial charge in [0, 0.05) is 13.1 Å². The summed E-state index contributed by atoms with van der Waals surface area (Å²) in [6.45, 7) is 4.61. The highest BCUT2D eigenvalue weighted by Crippen LogP contribution is 2.23. The largest absolute Gasteiger partial charge is 0.492 e. The van der Waals surface area contributed by atoms with E-state index in [4.69, 9.17) is 17.0 Å². The number of carbonyl (C=O) groups is 2. The van der Waals surface area contributed by atoms with Crippen molar-refractivity contribution in [2.45, 2.75) is 52.0 Å². The zero-order valence-corrected chi connectivity index (χ0v) is 20.4. The molecular weight excluding hydrogens is 434 g/mol. The van der Waals surface area contributed by atoms with Gasteiger partial charge in [-0.3, -0.25) is 14.9 Å². The van der Waals surface area contributed by atoms with E-state index < -0.39 is 0 Å². The number of carbonyl (C=O) groups excluding carboxylic acids is 2. The maximum Gasteiger partial charge on any atom is 0.261 e. The third kappa shape index (κ3) is 6.78. The van der Waals surface area contributed by atoms with Crippen LogP contribution in [-0.2, 0) is 0 Å². The van der Waals surface area contributed by atoms with Crippen LogP contribution in [-0.4, -0.2) is 36.6 Å². The zero-order valence-electron chi connectivity index (χ0n) is 19.6. The number of nitrogens with zero attached hydrogens (tertiary/aromatic N) is 1. The maximum absolute atomic E-state index is 13.0. The summed E-state index contributed by atoms with van der Waals surface area (Å²) >= 11 is 5.51. The Morgan fingerprint density at radius 3 is 2.33 bits per heavy atom. The van der Waals surface area contributed by atoms with Crippen molar-refractivity contribution in [3.8, 4) is 5.75 Å². The van der Waals surface area contributed by atoms with Gasteiger partial charge in [-0.15, -0.1) is 0 Å². The molecule has 0 saturated heterocycles. The Morgan fingerprint density at radius 2 is 1.64 bits per heavy atom. The fourth-order valence-electron chi connectivity index (χ4n) is 3.86. The number of benzene rings is 2. The first-order valence-corrected chi connectivity index (χ1v) is 12.0. The van der Waals surface area contributed by atoms with Gasteiger partial charge >= 0.3 is 0 Å². The van der Waals surface area contributed by atoms with E-state index in [1.54, 1.807) is 36.2 Å². The first-order valence-electron chi connectivity index (χ1n) is 11.6. The van der Waals surface area contributed by atoms with Crippen LogP contribution in [0.2, 0.25) is 0 Å². The fourth-order valence-corrected chi connectivity index (χ4v) is 4.05. The van der Waals surface area contributed by atoms with E-state index in [0.717, 1.165) is 25.7 Å². The first kappa shape index (κ1) is 24.7. The number of thiocarbonyl (C=S) groups is 1. The Labute approximate surface area is 201 Å². The molecule has 6 nitrogen and oxygen atoms in total. The molecule has 2 N–H and O–H groups in total. The average Bonchev–Trinajstić information content (AvgIpc) is 2.83. The van der Waals surface area contributed by atoms with Gasteiger partial charge in [-0.2, -0.15) is 0 Å². The Morgan fingerprint density at radius 1 is 1.00 bits per heavy atom. The second-order valence-corrected chi connectivity index (χ2v) is 9.23. The minimum Gasteiger partial charge on any atom is -0.492 e. The average molecular weight is 468 g/mol. The van der Waals surface area contributed by atoms with Crippen molar-refractivity contribution in [2.75, 3.05) is 18.6 Å². The lowest BCUT2D eigenvalue weighted by Crippen LogP contribution is -2.42. The van der Waals surface area contributed by atoms with Gasteiger partial charge in [0.1, 0.15) is 5.75 Å². The number of para-hydroxylation sites is 2. The summed E-state index contributed by atoms with van der Waals surface area (Å²) in [6.07, 6.45) is 5.54. The van der Waals surface area contributed by atoms with Crippen molar-refractivity contribution in [3.05, 3.63) is 59.7 Å². The third-order valence-corrected chi connectivity index (χ3v) is 6.06. The molecule has 33 heavy (non-hydrogen) atoms. The topological polar surface area (TPSA) is 70.7 Å². The van der Waals surface area contributed by atoms with Crippen molar-refractivity contribution >= 4 is 34.8 Å². The maximum atomic E-state index is 13.0. The molecule has 1 aliphatic carbocycles. The highest BCUT2D eigenvalue weighted by atomic mass is 32.1. The van der Waals surface area contributed by atoms with Crippen molar-refractivity contribution < 1.29 is 14.3 Å². The lowest BCUT2D eigenvalue weighted by molar-refractivity contribution is 0.0927. The van der Waals surface area contributed by atoms with Gasteiger partial charge in [0.05, 0.1) is 23.4 Å². The van der Waals surface area contributed by atoms with Crippen LogP contribution < -0.4 is 20.3 Å². The molecule has 0 aliphatic heterocycles. The summed E-state index contributed by atoms with van der Waals surface area (Å²) in [4.78, 5) is 27.6. The van der Waals surface area contributed by atoms with Crippen LogP contribution in [0.3, 0.4) is 0 Å². The molecule has 0 aromatic heterocycles. The third-order valence-electron chi connectivity index (χ3n) is 5.68. The molecule has 1 aliphatic rings. The highest BCUT2D eigenvalue weighted by molar-refractivity contribution is 7.80. The van der Waals surface area contributed by atoms with Crippen molar-refractivity contribution in [2.24, 2.45) is 5.92 Å². The van der Waals surface area contributed by atoms with Crippen LogP contribution in [0, 0.1) is 5.92 Å². The van der Waals surface area contributed by atoms with Crippen LogP contribution >= 0.6 is 12.2 Å². The number of hydrogen-bond acceptors (Lipinski definition) is 4. The van der Waals surface area contributed by atoms with Crippen LogP contribution in [0.15, 0.2) is 48.5 Å². The first-order chi connectivity index (χ1) is 15.9. The van der Waals surface area contributed by atoms with Gasteiger partial charge in [0.25, 0.3) is 11.8 Å². The summed E-state index contributed by atoms with van der Waals surface area (Å²) in [5.41, 5.74) is 1.58. The molecule has 2 aromatic rings. The van der Waals surface area contributed by atoms with E-state index in [9.17, 15) is 9.59 Å². The molecule has 0 radical (unpaired) electrons. The molecule has 2 aromatic carbocycles. The van der Waals surface area contributed by atoms with Crippen molar-refractivity contribution in [3.63, 3.8) is 0 Å². The minimum atomic E-state index is -0.352. The van der Waals surface area contributed by atoms with E-state index in [-0.39, 0.29) is 23.0 Å². The Bertz CT molecular complexity index is 986. The molecular formula is C26H33N3O3S. The second-order valence-electron chi connectivity index (χ2n) is 8.84.